The molecule has 0 amide bonds. The molecule has 0 spiro atoms. The maximum atomic E-state index is 10.3. The summed E-state index contributed by atoms with van der Waals surface area (Å²) in [4.78, 5) is 10.3. The Bertz CT molecular complexity index is 279. The second-order valence-corrected chi connectivity index (χ2v) is 3.05. The van der Waals surface area contributed by atoms with Crippen LogP contribution in [0.5, 0.6) is 0 Å². The highest BCUT2D eigenvalue weighted by Crippen LogP contribution is 2.11. The van der Waals surface area contributed by atoms with Gasteiger partial charge in [0.25, 0.3) is 0 Å². The van der Waals surface area contributed by atoms with Crippen molar-refractivity contribution >= 4 is 23.0 Å². The molecule has 1 rings (SSSR count). The molecule has 0 aliphatic rings. The van der Waals surface area contributed by atoms with Crippen LogP contribution >= 0.6 is 11.3 Å². The van der Waals surface area contributed by atoms with E-state index in [0.717, 1.165) is 5.69 Å². The number of carboxylic acids is 1. The maximum absolute atomic E-state index is 10.3. The molecule has 1 aromatic rings. The molecule has 0 saturated heterocycles. The number of hydrogen-bond acceptors (Lipinski definition) is 3. The Morgan fingerprint density at radius 2 is 2.50 bits per heavy atom. The first kappa shape index (κ1) is 8.80. The molecule has 0 aliphatic heterocycles. The van der Waals surface area contributed by atoms with Crippen molar-refractivity contribution < 1.29 is 9.90 Å². The fourth-order valence-electron chi connectivity index (χ4n) is 0.649. The third-order valence-corrected chi connectivity index (χ3v) is 2.01. The summed E-state index contributed by atoms with van der Waals surface area (Å²) in [6.45, 7) is 3.68. The molecule has 0 aliphatic carbocycles. The summed E-state index contributed by atoms with van der Waals surface area (Å²) in [7, 11) is 0. The van der Waals surface area contributed by atoms with Crippen molar-refractivity contribution in [2.45, 2.75) is 0 Å². The highest BCUT2D eigenvalue weighted by atomic mass is 32.1. The molecular weight excluding hydrogens is 174 g/mol. The second-order valence-electron chi connectivity index (χ2n) is 2.27. The number of rotatable bonds is 4. The molecule has 0 saturated carbocycles. The number of carbonyl (C=O) groups is 1. The summed E-state index contributed by atoms with van der Waals surface area (Å²) >= 11 is 1.56. The minimum atomic E-state index is -0.960. The Morgan fingerprint density at radius 3 is 3.00 bits per heavy atom. The predicted octanol–water partition coefficient (Wildman–Crippen LogP) is 1.80. The summed E-state index contributed by atoms with van der Waals surface area (Å²) in [6.07, 6.45) is 0. The number of aliphatic carboxylic acids is 1. The maximum Gasteiger partial charge on any atom is 0.332 e. The van der Waals surface area contributed by atoms with Crippen molar-refractivity contribution in [3.05, 3.63) is 29.0 Å². The van der Waals surface area contributed by atoms with Crippen LogP contribution in [0.3, 0.4) is 0 Å². The zero-order valence-corrected chi connectivity index (χ0v) is 7.23. The molecule has 1 aromatic heterocycles. The van der Waals surface area contributed by atoms with E-state index in [1.165, 1.54) is 0 Å². The van der Waals surface area contributed by atoms with Gasteiger partial charge >= 0.3 is 5.97 Å². The van der Waals surface area contributed by atoms with Crippen molar-refractivity contribution in [1.29, 1.82) is 0 Å². The van der Waals surface area contributed by atoms with E-state index >= 15 is 0 Å². The summed E-state index contributed by atoms with van der Waals surface area (Å²) in [5, 5.41) is 15.2. The van der Waals surface area contributed by atoms with Crippen molar-refractivity contribution in [2.75, 3.05) is 11.9 Å². The lowest BCUT2D eigenvalue weighted by Crippen LogP contribution is -2.10. The number of anilines is 1. The summed E-state index contributed by atoms with van der Waals surface area (Å²) in [5.41, 5.74) is 1.10. The van der Waals surface area contributed by atoms with E-state index in [2.05, 4.69) is 11.9 Å². The number of nitrogens with one attached hydrogen (secondary N) is 1. The third-order valence-electron chi connectivity index (χ3n) is 1.33. The Balaban J connectivity index is 2.37. The topological polar surface area (TPSA) is 49.3 Å². The zero-order chi connectivity index (χ0) is 8.97. The van der Waals surface area contributed by atoms with Gasteiger partial charge in [-0.3, -0.25) is 0 Å². The van der Waals surface area contributed by atoms with Crippen LogP contribution < -0.4 is 5.32 Å². The quantitative estimate of drug-likeness (QED) is 0.700. The van der Waals surface area contributed by atoms with E-state index in [9.17, 15) is 4.79 Å². The molecule has 0 unspecified atom stereocenters. The van der Waals surface area contributed by atoms with Gasteiger partial charge in [-0.25, -0.2) is 4.79 Å². The smallest absolute Gasteiger partial charge is 0.332 e. The Morgan fingerprint density at radius 1 is 1.75 bits per heavy atom. The van der Waals surface area contributed by atoms with Crippen LogP contribution in [0.2, 0.25) is 0 Å². The van der Waals surface area contributed by atoms with Gasteiger partial charge in [0, 0.05) is 23.2 Å². The highest BCUT2D eigenvalue weighted by molar-refractivity contribution is 7.08. The van der Waals surface area contributed by atoms with E-state index in [0.29, 0.717) is 0 Å². The van der Waals surface area contributed by atoms with Crippen molar-refractivity contribution in [2.24, 2.45) is 0 Å². The van der Waals surface area contributed by atoms with Crippen LogP contribution in [0.1, 0.15) is 0 Å². The van der Waals surface area contributed by atoms with Gasteiger partial charge in [0.15, 0.2) is 0 Å². The Kier molecular flexibility index (Phi) is 2.88. The molecule has 0 bridgehead atoms. The minimum Gasteiger partial charge on any atom is -0.478 e. The van der Waals surface area contributed by atoms with Crippen molar-refractivity contribution in [3.63, 3.8) is 0 Å². The second kappa shape index (κ2) is 3.92. The van der Waals surface area contributed by atoms with Gasteiger partial charge in [0.2, 0.25) is 0 Å². The van der Waals surface area contributed by atoms with Crippen LogP contribution in [0, 0.1) is 0 Å². The molecule has 0 fully saturated rings. The van der Waals surface area contributed by atoms with Gasteiger partial charge in [0.05, 0.1) is 0 Å². The molecule has 1 heterocycles. The van der Waals surface area contributed by atoms with Gasteiger partial charge in [-0.05, 0) is 11.4 Å². The molecule has 3 nitrogen and oxygen atoms in total. The molecule has 4 heteroatoms. The lowest BCUT2D eigenvalue weighted by molar-refractivity contribution is -0.132. The molecular formula is C8H9NO2S. The van der Waals surface area contributed by atoms with E-state index in [4.69, 9.17) is 5.11 Å². The van der Waals surface area contributed by atoms with Crippen LogP contribution in [0.4, 0.5) is 5.69 Å². The van der Waals surface area contributed by atoms with Gasteiger partial charge in [-0.15, -0.1) is 0 Å². The van der Waals surface area contributed by atoms with Crippen LogP contribution in [-0.4, -0.2) is 17.6 Å². The SMILES string of the molecule is C=C(CNc1ccsc1)C(=O)O. The normalized spacial score (nSPS) is 9.33. The fourth-order valence-corrected chi connectivity index (χ4v) is 1.26. The largest absolute Gasteiger partial charge is 0.478 e. The van der Waals surface area contributed by atoms with Crippen LogP contribution in [-0.2, 0) is 4.79 Å². The number of hydrogen-bond donors (Lipinski definition) is 2. The lowest BCUT2D eigenvalue weighted by atomic mass is 10.3. The number of carboxylic acid groups (broad SMARTS) is 1. The fraction of sp³-hybridized carbons (Fsp3) is 0.125. The Hall–Kier alpha value is -1.29. The van der Waals surface area contributed by atoms with Gasteiger partial charge < -0.3 is 10.4 Å². The van der Waals surface area contributed by atoms with Crippen LogP contribution in [0.15, 0.2) is 29.0 Å². The average Bonchev–Trinajstić information content (AvgIpc) is 2.51. The first-order valence-corrected chi connectivity index (χ1v) is 4.31. The average molecular weight is 183 g/mol. The van der Waals surface area contributed by atoms with E-state index in [1.807, 2.05) is 16.8 Å². The standard InChI is InChI=1S/C8H9NO2S/c1-6(8(10)11)4-9-7-2-3-12-5-7/h2-3,5,9H,1,4H2,(H,10,11). The first-order chi connectivity index (χ1) is 5.70. The summed E-state index contributed by atoms with van der Waals surface area (Å²) in [6, 6.07) is 1.89. The molecule has 0 aromatic carbocycles. The zero-order valence-electron chi connectivity index (χ0n) is 6.41. The predicted molar refractivity (Wildman–Crippen MR) is 49.6 cm³/mol. The summed E-state index contributed by atoms with van der Waals surface area (Å²) < 4.78 is 0. The van der Waals surface area contributed by atoms with E-state index in [-0.39, 0.29) is 12.1 Å². The van der Waals surface area contributed by atoms with E-state index in [1.54, 1.807) is 11.3 Å². The van der Waals surface area contributed by atoms with Crippen molar-refractivity contribution in [1.82, 2.24) is 0 Å². The van der Waals surface area contributed by atoms with Gasteiger partial charge in [0.1, 0.15) is 0 Å². The van der Waals surface area contributed by atoms with Crippen molar-refractivity contribution in [3.8, 4) is 0 Å². The molecule has 12 heavy (non-hydrogen) atoms. The summed E-state index contributed by atoms with van der Waals surface area (Å²) in [5.74, 6) is -0.960. The van der Waals surface area contributed by atoms with Gasteiger partial charge in [-0.1, -0.05) is 6.58 Å². The molecule has 64 valence electrons. The molecule has 0 radical (unpaired) electrons. The minimum absolute atomic E-state index is 0.168. The molecule has 0 atom stereocenters. The van der Waals surface area contributed by atoms with Gasteiger partial charge in [-0.2, -0.15) is 11.3 Å². The Labute approximate surface area is 74.3 Å². The number of thiophene rings is 1. The highest BCUT2D eigenvalue weighted by Gasteiger charge is 2.02. The third kappa shape index (κ3) is 2.39. The first-order valence-electron chi connectivity index (χ1n) is 3.37. The van der Waals surface area contributed by atoms with Crippen LogP contribution in [0.25, 0.3) is 0 Å². The molecule has 2 N–H and O–H groups in total. The lowest BCUT2D eigenvalue weighted by Gasteiger charge is -2.01. The van der Waals surface area contributed by atoms with E-state index < -0.39 is 5.97 Å². The monoisotopic (exact) mass is 183 g/mol.